The van der Waals surface area contributed by atoms with Gasteiger partial charge in [-0.1, -0.05) is 36.8 Å². The first-order valence-electron chi connectivity index (χ1n) is 11.9. The third-order valence-electron chi connectivity index (χ3n) is 6.09. The highest BCUT2D eigenvalue weighted by molar-refractivity contribution is 5.95. The first-order valence-corrected chi connectivity index (χ1v) is 11.9. The highest BCUT2D eigenvalue weighted by Crippen LogP contribution is 2.21. The Bertz CT molecular complexity index is 1290. The number of carbonyl (C=O) groups excluding carboxylic acids is 1. The number of nitrogens with one attached hydrogen (secondary N) is 2. The van der Waals surface area contributed by atoms with Gasteiger partial charge in [-0.3, -0.25) is 10.2 Å². The largest absolute Gasteiger partial charge is 0.351 e. The van der Waals surface area contributed by atoms with E-state index in [0.717, 1.165) is 36.3 Å². The minimum atomic E-state index is -0.0533. The van der Waals surface area contributed by atoms with Crippen LogP contribution in [0, 0.1) is 0 Å². The van der Waals surface area contributed by atoms with E-state index in [0.29, 0.717) is 23.6 Å². The maximum atomic E-state index is 12.4. The van der Waals surface area contributed by atoms with E-state index in [1.165, 1.54) is 25.6 Å². The van der Waals surface area contributed by atoms with Crippen molar-refractivity contribution in [2.45, 2.75) is 19.3 Å². The van der Waals surface area contributed by atoms with E-state index < -0.39 is 0 Å². The molecule has 9 heteroatoms. The number of aromatic nitrogens is 4. The molecule has 1 aliphatic rings. The molecule has 3 heterocycles. The minimum absolute atomic E-state index is 0.0533. The van der Waals surface area contributed by atoms with Gasteiger partial charge in [0.25, 0.3) is 5.91 Å². The number of amides is 1. The maximum Gasteiger partial charge on any atom is 0.251 e. The average Bonchev–Trinajstić information content (AvgIpc) is 3.35. The number of benzene rings is 2. The number of piperidine rings is 1. The van der Waals surface area contributed by atoms with Crippen molar-refractivity contribution in [1.82, 2.24) is 30.0 Å². The number of hydrogen-bond acceptors (Lipinski definition) is 7. The van der Waals surface area contributed by atoms with Crippen molar-refractivity contribution in [3.05, 3.63) is 78.2 Å². The number of carbonyl (C=O) groups is 1. The molecule has 0 saturated carbocycles. The Labute approximate surface area is 203 Å². The monoisotopic (exact) mass is 468 g/mol. The second kappa shape index (κ2) is 10.9. The summed E-state index contributed by atoms with van der Waals surface area (Å²) < 4.78 is 1.77. The van der Waals surface area contributed by atoms with Gasteiger partial charge in [0.05, 0.1) is 23.5 Å². The van der Waals surface area contributed by atoms with Gasteiger partial charge in [-0.15, -0.1) is 0 Å². The summed E-state index contributed by atoms with van der Waals surface area (Å²) in [7, 11) is 0. The van der Waals surface area contributed by atoms with Crippen LogP contribution in [0.2, 0.25) is 0 Å². The molecule has 0 spiro atoms. The van der Waals surface area contributed by atoms with Gasteiger partial charge in [0.1, 0.15) is 6.33 Å². The van der Waals surface area contributed by atoms with Crippen LogP contribution >= 0.6 is 0 Å². The SMILES string of the molecule is O=C(NCCN1CCCCC1)c1ccc(C=NNc2ncnc3c2cnn3-c2ccccc2)cc1. The molecule has 5 rings (SSSR count). The molecule has 2 aromatic heterocycles. The third kappa shape index (κ3) is 5.52. The molecule has 9 nitrogen and oxygen atoms in total. The standard InChI is InChI=1S/C26H28N8O/c35-26(27-13-16-33-14-5-2-6-15-33)21-11-9-20(10-12-21)17-30-32-24-23-18-31-34(25(23)29-19-28-24)22-7-3-1-4-8-22/h1,3-4,7-12,17-19H,2,5-6,13-16H2,(H,27,35)(H,28,29,32). The first kappa shape index (κ1) is 22.7. The van der Waals surface area contributed by atoms with E-state index >= 15 is 0 Å². The Morgan fingerprint density at radius 3 is 2.60 bits per heavy atom. The highest BCUT2D eigenvalue weighted by atomic mass is 16.1. The molecular weight excluding hydrogens is 440 g/mol. The molecule has 0 unspecified atom stereocenters. The lowest BCUT2D eigenvalue weighted by molar-refractivity contribution is 0.0946. The van der Waals surface area contributed by atoms with Gasteiger partial charge in [-0.25, -0.2) is 14.6 Å². The van der Waals surface area contributed by atoms with E-state index in [9.17, 15) is 4.79 Å². The zero-order chi connectivity index (χ0) is 23.9. The summed E-state index contributed by atoms with van der Waals surface area (Å²) in [6.07, 6.45) is 8.72. The van der Waals surface area contributed by atoms with Crippen LogP contribution in [-0.2, 0) is 0 Å². The fraction of sp³-hybridized carbons (Fsp3) is 0.269. The van der Waals surface area contributed by atoms with Crippen LogP contribution in [0.4, 0.5) is 5.82 Å². The lowest BCUT2D eigenvalue weighted by Crippen LogP contribution is -2.37. The number of hydrazone groups is 1. The van der Waals surface area contributed by atoms with Crippen LogP contribution in [0.3, 0.4) is 0 Å². The average molecular weight is 469 g/mol. The predicted molar refractivity (Wildman–Crippen MR) is 137 cm³/mol. The smallest absolute Gasteiger partial charge is 0.251 e. The fourth-order valence-electron chi connectivity index (χ4n) is 4.19. The molecule has 178 valence electrons. The van der Waals surface area contributed by atoms with Crippen LogP contribution in [0.25, 0.3) is 16.7 Å². The van der Waals surface area contributed by atoms with Crippen LogP contribution in [0.1, 0.15) is 35.2 Å². The maximum absolute atomic E-state index is 12.4. The van der Waals surface area contributed by atoms with E-state index in [1.807, 2.05) is 54.6 Å². The van der Waals surface area contributed by atoms with Crippen LogP contribution in [0.5, 0.6) is 0 Å². The predicted octanol–water partition coefficient (Wildman–Crippen LogP) is 3.48. The molecule has 1 saturated heterocycles. The number of nitrogens with zero attached hydrogens (tertiary/aromatic N) is 6. The molecule has 2 aromatic carbocycles. The number of hydrogen-bond donors (Lipinski definition) is 2. The van der Waals surface area contributed by atoms with E-state index in [-0.39, 0.29) is 5.91 Å². The second-order valence-corrected chi connectivity index (χ2v) is 8.50. The summed E-state index contributed by atoms with van der Waals surface area (Å²) in [6.45, 7) is 3.84. The van der Waals surface area contributed by atoms with Crippen molar-refractivity contribution < 1.29 is 4.79 Å². The van der Waals surface area contributed by atoms with Crippen LogP contribution in [-0.4, -0.2) is 62.9 Å². The number of anilines is 1. The molecule has 0 bridgehead atoms. The molecular formula is C26H28N8O. The van der Waals surface area contributed by atoms with Crippen molar-refractivity contribution in [3.63, 3.8) is 0 Å². The topological polar surface area (TPSA) is 100 Å². The molecule has 1 aliphatic heterocycles. The molecule has 35 heavy (non-hydrogen) atoms. The summed E-state index contributed by atoms with van der Waals surface area (Å²) in [4.78, 5) is 23.5. The zero-order valence-corrected chi connectivity index (χ0v) is 19.5. The summed E-state index contributed by atoms with van der Waals surface area (Å²) in [6, 6.07) is 17.2. The van der Waals surface area contributed by atoms with E-state index in [1.54, 1.807) is 17.1 Å². The number of likely N-dealkylation sites (tertiary alicyclic amines) is 1. The molecule has 0 radical (unpaired) electrons. The van der Waals surface area contributed by atoms with Crippen LogP contribution < -0.4 is 10.7 Å². The summed E-state index contributed by atoms with van der Waals surface area (Å²) in [5.74, 6) is 0.514. The molecule has 4 aromatic rings. The molecule has 1 amide bonds. The number of fused-ring (bicyclic) bond motifs is 1. The van der Waals surface area contributed by atoms with Gasteiger partial charge < -0.3 is 10.2 Å². The van der Waals surface area contributed by atoms with Gasteiger partial charge in [0.2, 0.25) is 0 Å². The summed E-state index contributed by atoms with van der Waals surface area (Å²) >= 11 is 0. The summed E-state index contributed by atoms with van der Waals surface area (Å²) in [5, 5.41) is 12.5. The Hall–Kier alpha value is -4.11. The molecule has 0 atom stereocenters. The normalized spacial score (nSPS) is 14.4. The van der Waals surface area contributed by atoms with E-state index in [4.69, 9.17) is 0 Å². The van der Waals surface area contributed by atoms with Crippen molar-refractivity contribution in [2.24, 2.45) is 5.10 Å². The van der Waals surface area contributed by atoms with Gasteiger partial charge in [-0.05, 0) is 55.8 Å². The minimum Gasteiger partial charge on any atom is -0.351 e. The van der Waals surface area contributed by atoms with Gasteiger partial charge >= 0.3 is 0 Å². The van der Waals surface area contributed by atoms with Crippen molar-refractivity contribution in [1.29, 1.82) is 0 Å². The Morgan fingerprint density at radius 2 is 1.80 bits per heavy atom. The first-order chi connectivity index (χ1) is 17.3. The Balaban J connectivity index is 1.18. The molecule has 1 fully saturated rings. The quantitative estimate of drug-likeness (QED) is 0.303. The zero-order valence-electron chi connectivity index (χ0n) is 19.5. The van der Waals surface area contributed by atoms with Crippen molar-refractivity contribution in [3.8, 4) is 5.69 Å². The van der Waals surface area contributed by atoms with Gasteiger partial charge in [-0.2, -0.15) is 10.2 Å². The molecule has 0 aliphatic carbocycles. The highest BCUT2D eigenvalue weighted by Gasteiger charge is 2.12. The second-order valence-electron chi connectivity index (χ2n) is 8.50. The Kier molecular flexibility index (Phi) is 7.05. The van der Waals surface area contributed by atoms with Crippen molar-refractivity contribution >= 4 is 29.0 Å². The number of rotatable bonds is 8. The molecule has 2 N–H and O–H groups in total. The van der Waals surface area contributed by atoms with Crippen LogP contribution in [0.15, 0.2) is 72.2 Å². The Morgan fingerprint density at radius 1 is 1.00 bits per heavy atom. The van der Waals surface area contributed by atoms with E-state index in [2.05, 4.69) is 35.8 Å². The van der Waals surface area contributed by atoms with Gasteiger partial charge in [0.15, 0.2) is 11.5 Å². The lowest BCUT2D eigenvalue weighted by atomic mass is 10.1. The number of para-hydroxylation sites is 1. The fourth-order valence-corrected chi connectivity index (χ4v) is 4.19. The van der Waals surface area contributed by atoms with Crippen molar-refractivity contribution in [2.75, 3.05) is 31.6 Å². The third-order valence-corrected chi connectivity index (χ3v) is 6.09. The lowest BCUT2D eigenvalue weighted by Gasteiger charge is -2.26. The van der Waals surface area contributed by atoms with Gasteiger partial charge in [0, 0.05) is 18.7 Å². The summed E-state index contributed by atoms with van der Waals surface area (Å²) in [5.41, 5.74) is 6.10.